The lowest BCUT2D eigenvalue weighted by atomic mass is 10.2. The molecule has 0 aromatic heterocycles. The second-order valence-electron chi connectivity index (χ2n) is 5.73. The van der Waals surface area contributed by atoms with Gasteiger partial charge < -0.3 is 14.8 Å². The molecular weight excluding hydrogens is 441 g/mol. The Morgan fingerprint density at radius 2 is 1.62 bits per heavy atom. The van der Waals surface area contributed by atoms with Crippen LogP contribution in [0.5, 0.6) is 17.2 Å². The predicted octanol–water partition coefficient (Wildman–Crippen LogP) is 5.41. The Hall–Kier alpha value is -2.54. The molecule has 132 valence electrons. The van der Waals surface area contributed by atoms with Crippen LogP contribution >= 0.6 is 22.6 Å². The van der Waals surface area contributed by atoms with Gasteiger partial charge in [0.1, 0.15) is 17.2 Å². The summed E-state index contributed by atoms with van der Waals surface area (Å²) in [5.74, 6) is 1.95. The van der Waals surface area contributed by atoms with Crippen LogP contribution in [0.3, 0.4) is 0 Å². The summed E-state index contributed by atoms with van der Waals surface area (Å²) in [4.78, 5) is 12.0. The maximum atomic E-state index is 12.0. The molecule has 0 aliphatic rings. The number of ether oxygens (including phenoxy) is 2. The zero-order chi connectivity index (χ0) is 18.4. The third kappa shape index (κ3) is 5.49. The fraction of sp³-hybridized carbons (Fsp3) is 0.0952. The van der Waals surface area contributed by atoms with Crippen LogP contribution in [0, 0.1) is 10.5 Å². The molecule has 3 rings (SSSR count). The standard InChI is InChI=1S/C21H18INO3/c1-15-3-2-4-20(13-15)26-19-11-7-17(8-12-19)23-21(24)14-25-18-9-5-16(22)6-10-18/h2-13H,14H2,1H3,(H,23,24). The Labute approximate surface area is 166 Å². The van der Waals surface area contributed by atoms with Crippen LogP contribution in [-0.2, 0) is 4.79 Å². The average molecular weight is 459 g/mol. The minimum Gasteiger partial charge on any atom is -0.484 e. The summed E-state index contributed by atoms with van der Waals surface area (Å²) < 4.78 is 12.4. The summed E-state index contributed by atoms with van der Waals surface area (Å²) in [6.07, 6.45) is 0. The lowest BCUT2D eigenvalue weighted by Gasteiger charge is -2.09. The van der Waals surface area contributed by atoms with Crippen molar-refractivity contribution in [2.24, 2.45) is 0 Å². The van der Waals surface area contributed by atoms with Crippen molar-refractivity contribution in [1.82, 2.24) is 0 Å². The predicted molar refractivity (Wildman–Crippen MR) is 111 cm³/mol. The first-order chi connectivity index (χ1) is 12.6. The summed E-state index contributed by atoms with van der Waals surface area (Å²) in [5.41, 5.74) is 1.83. The van der Waals surface area contributed by atoms with Gasteiger partial charge in [0.25, 0.3) is 5.91 Å². The van der Waals surface area contributed by atoms with Gasteiger partial charge >= 0.3 is 0 Å². The molecule has 5 heteroatoms. The lowest BCUT2D eigenvalue weighted by molar-refractivity contribution is -0.118. The maximum absolute atomic E-state index is 12.0. The zero-order valence-electron chi connectivity index (χ0n) is 14.2. The molecule has 1 amide bonds. The van der Waals surface area contributed by atoms with E-state index in [1.54, 1.807) is 12.1 Å². The molecule has 0 aliphatic heterocycles. The number of amides is 1. The van der Waals surface area contributed by atoms with Gasteiger partial charge in [-0.15, -0.1) is 0 Å². The molecule has 4 nitrogen and oxygen atoms in total. The van der Waals surface area contributed by atoms with Crippen LogP contribution in [0.4, 0.5) is 5.69 Å². The van der Waals surface area contributed by atoms with Gasteiger partial charge in [-0.2, -0.15) is 0 Å². The van der Waals surface area contributed by atoms with E-state index in [1.165, 1.54) is 0 Å². The van der Waals surface area contributed by atoms with Crippen molar-refractivity contribution >= 4 is 34.2 Å². The van der Waals surface area contributed by atoms with E-state index < -0.39 is 0 Å². The van der Waals surface area contributed by atoms with E-state index in [4.69, 9.17) is 9.47 Å². The van der Waals surface area contributed by atoms with Crippen molar-refractivity contribution in [2.75, 3.05) is 11.9 Å². The lowest BCUT2D eigenvalue weighted by Crippen LogP contribution is -2.20. The van der Waals surface area contributed by atoms with E-state index in [0.717, 1.165) is 14.9 Å². The quantitative estimate of drug-likeness (QED) is 0.502. The molecule has 0 saturated heterocycles. The first-order valence-corrected chi connectivity index (χ1v) is 9.19. The fourth-order valence-corrected chi connectivity index (χ4v) is 2.66. The highest BCUT2D eigenvalue weighted by molar-refractivity contribution is 14.1. The SMILES string of the molecule is Cc1cccc(Oc2ccc(NC(=O)COc3ccc(I)cc3)cc2)c1. The average Bonchev–Trinajstić information content (AvgIpc) is 2.63. The van der Waals surface area contributed by atoms with Gasteiger partial charge in [-0.05, 0) is 95.7 Å². The molecule has 0 heterocycles. The summed E-state index contributed by atoms with van der Waals surface area (Å²) in [5, 5.41) is 2.80. The Balaban J connectivity index is 1.51. The Kier molecular flexibility index (Phi) is 6.12. The number of hydrogen-bond acceptors (Lipinski definition) is 3. The molecule has 3 aromatic carbocycles. The Bertz CT molecular complexity index is 877. The van der Waals surface area contributed by atoms with Gasteiger partial charge in [0, 0.05) is 9.26 Å². The molecule has 3 aromatic rings. The highest BCUT2D eigenvalue weighted by Gasteiger charge is 2.05. The van der Waals surface area contributed by atoms with Crippen LogP contribution in [0.1, 0.15) is 5.56 Å². The molecule has 0 saturated carbocycles. The minimum absolute atomic E-state index is 0.0395. The third-order valence-electron chi connectivity index (χ3n) is 3.55. The van der Waals surface area contributed by atoms with Crippen molar-refractivity contribution < 1.29 is 14.3 Å². The number of halogens is 1. The van der Waals surface area contributed by atoms with Crippen LogP contribution in [-0.4, -0.2) is 12.5 Å². The third-order valence-corrected chi connectivity index (χ3v) is 4.27. The highest BCUT2D eigenvalue weighted by Crippen LogP contribution is 2.23. The van der Waals surface area contributed by atoms with E-state index in [2.05, 4.69) is 27.9 Å². The van der Waals surface area contributed by atoms with E-state index in [0.29, 0.717) is 17.2 Å². The Morgan fingerprint density at radius 3 is 2.31 bits per heavy atom. The highest BCUT2D eigenvalue weighted by atomic mass is 127. The number of benzene rings is 3. The molecule has 0 fully saturated rings. The van der Waals surface area contributed by atoms with Gasteiger partial charge in [0.05, 0.1) is 0 Å². The van der Waals surface area contributed by atoms with Crippen LogP contribution in [0.2, 0.25) is 0 Å². The van der Waals surface area contributed by atoms with Crippen molar-refractivity contribution in [2.45, 2.75) is 6.92 Å². The number of carbonyl (C=O) groups excluding carboxylic acids is 1. The topological polar surface area (TPSA) is 47.6 Å². The van der Waals surface area contributed by atoms with E-state index in [-0.39, 0.29) is 12.5 Å². The summed E-state index contributed by atoms with van der Waals surface area (Å²) in [6, 6.07) is 22.6. The monoisotopic (exact) mass is 459 g/mol. The molecule has 0 bridgehead atoms. The van der Waals surface area contributed by atoms with E-state index in [9.17, 15) is 4.79 Å². The van der Waals surface area contributed by atoms with Crippen molar-refractivity contribution in [3.05, 3.63) is 81.9 Å². The molecule has 1 N–H and O–H groups in total. The van der Waals surface area contributed by atoms with Crippen LogP contribution in [0.25, 0.3) is 0 Å². The molecule has 0 spiro atoms. The van der Waals surface area contributed by atoms with Crippen molar-refractivity contribution in [3.8, 4) is 17.2 Å². The number of hydrogen-bond donors (Lipinski definition) is 1. The van der Waals surface area contributed by atoms with Gasteiger partial charge in [-0.3, -0.25) is 4.79 Å². The van der Waals surface area contributed by atoms with E-state index in [1.807, 2.05) is 67.6 Å². The van der Waals surface area contributed by atoms with E-state index >= 15 is 0 Å². The summed E-state index contributed by atoms with van der Waals surface area (Å²) in [7, 11) is 0. The number of carbonyl (C=O) groups is 1. The van der Waals surface area contributed by atoms with Crippen molar-refractivity contribution in [3.63, 3.8) is 0 Å². The minimum atomic E-state index is -0.212. The van der Waals surface area contributed by atoms with Crippen LogP contribution in [0.15, 0.2) is 72.8 Å². The maximum Gasteiger partial charge on any atom is 0.262 e. The normalized spacial score (nSPS) is 10.2. The zero-order valence-corrected chi connectivity index (χ0v) is 16.4. The molecule has 26 heavy (non-hydrogen) atoms. The number of rotatable bonds is 6. The summed E-state index contributed by atoms with van der Waals surface area (Å²) >= 11 is 2.22. The van der Waals surface area contributed by atoms with Gasteiger partial charge in [0.2, 0.25) is 0 Å². The number of nitrogens with one attached hydrogen (secondary N) is 1. The second kappa shape index (κ2) is 8.71. The first kappa shape index (κ1) is 18.3. The fourth-order valence-electron chi connectivity index (χ4n) is 2.30. The smallest absolute Gasteiger partial charge is 0.262 e. The molecule has 0 unspecified atom stereocenters. The second-order valence-corrected chi connectivity index (χ2v) is 6.98. The molecular formula is C21H18INO3. The number of aryl methyl sites for hydroxylation is 1. The number of anilines is 1. The largest absolute Gasteiger partial charge is 0.484 e. The first-order valence-electron chi connectivity index (χ1n) is 8.11. The van der Waals surface area contributed by atoms with Crippen LogP contribution < -0.4 is 14.8 Å². The Morgan fingerprint density at radius 1 is 0.923 bits per heavy atom. The van der Waals surface area contributed by atoms with Gasteiger partial charge in [0.15, 0.2) is 6.61 Å². The summed E-state index contributed by atoms with van der Waals surface area (Å²) in [6.45, 7) is 1.98. The van der Waals surface area contributed by atoms with Crippen molar-refractivity contribution in [1.29, 1.82) is 0 Å². The van der Waals surface area contributed by atoms with Gasteiger partial charge in [-0.1, -0.05) is 12.1 Å². The molecule has 0 radical (unpaired) electrons. The van der Waals surface area contributed by atoms with Gasteiger partial charge in [-0.25, -0.2) is 0 Å². The molecule has 0 aliphatic carbocycles. The molecule has 0 atom stereocenters.